The molecule has 5 nitrogen and oxygen atoms in total. The summed E-state index contributed by atoms with van der Waals surface area (Å²) in [6, 6.07) is 0. The van der Waals surface area contributed by atoms with Crippen LogP contribution in [0.2, 0.25) is 0 Å². The third-order valence-electron chi connectivity index (χ3n) is 2.71. The minimum atomic E-state index is -0.652. The Hall–Kier alpha value is -1.62. The van der Waals surface area contributed by atoms with E-state index in [0.29, 0.717) is 12.5 Å². The van der Waals surface area contributed by atoms with Crippen LogP contribution in [-0.2, 0) is 15.1 Å². The van der Waals surface area contributed by atoms with Crippen molar-refractivity contribution in [3.05, 3.63) is 36.3 Å². The molecule has 0 bridgehead atoms. The van der Waals surface area contributed by atoms with Crippen molar-refractivity contribution in [3.63, 3.8) is 0 Å². The van der Waals surface area contributed by atoms with E-state index in [1.165, 1.54) is 6.39 Å². The number of fused-ring (bicyclic) bond motifs is 1. The Morgan fingerprint density at radius 3 is 3.25 bits per heavy atom. The highest BCUT2D eigenvalue weighted by atomic mass is 16.6. The molecule has 2 atom stereocenters. The topological polar surface area (TPSA) is 60.7 Å². The van der Waals surface area contributed by atoms with E-state index >= 15 is 0 Å². The van der Waals surface area contributed by atoms with Gasteiger partial charge in [0.15, 0.2) is 5.76 Å². The van der Waals surface area contributed by atoms with Crippen molar-refractivity contribution >= 4 is 0 Å². The molecule has 16 heavy (non-hydrogen) atoms. The summed E-state index contributed by atoms with van der Waals surface area (Å²) >= 11 is 0. The number of hydrogen-bond donors (Lipinski definition) is 0. The van der Waals surface area contributed by atoms with Crippen LogP contribution < -0.4 is 0 Å². The van der Waals surface area contributed by atoms with Gasteiger partial charge < -0.3 is 13.9 Å². The van der Waals surface area contributed by atoms with Crippen molar-refractivity contribution in [2.75, 3.05) is 6.61 Å². The van der Waals surface area contributed by atoms with E-state index in [4.69, 9.17) is 13.9 Å². The molecule has 1 fully saturated rings. The first-order chi connectivity index (χ1) is 7.88. The Morgan fingerprint density at radius 1 is 1.56 bits per heavy atom. The minimum absolute atomic E-state index is 0.173. The molecule has 1 saturated heterocycles. The van der Waals surface area contributed by atoms with E-state index in [-0.39, 0.29) is 6.10 Å². The highest BCUT2D eigenvalue weighted by Crippen LogP contribution is 2.54. The lowest BCUT2D eigenvalue weighted by atomic mass is 9.97. The summed E-state index contributed by atoms with van der Waals surface area (Å²) in [5.74, 6) is 1.30. The Kier molecular flexibility index (Phi) is 2.07. The van der Waals surface area contributed by atoms with Crippen LogP contribution in [0.5, 0.6) is 0 Å². The number of ether oxygens (including phenoxy) is 2. The molecule has 1 aliphatic carbocycles. The Morgan fingerprint density at radius 2 is 2.50 bits per heavy atom. The van der Waals surface area contributed by atoms with Gasteiger partial charge in [-0.05, 0) is 12.5 Å². The van der Waals surface area contributed by atoms with Gasteiger partial charge in [-0.15, -0.1) is 10.2 Å². The van der Waals surface area contributed by atoms with Crippen molar-refractivity contribution in [3.8, 4) is 0 Å². The van der Waals surface area contributed by atoms with Gasteiger partial charge in [-0.3, -0.25) is 0 Å². The van der Waals surface area contributed by atoms with Crippen molar-refractivity contribution in [1.82, 2.24) is 10.2 Å². The van der Waals surface area contributed by atoms with Gasteiger partial charge in [0.05, 0.1) is 0 Å². The van der Waals surface area contributed by atoms with Gasteiger partial charge in [-0.2, -0.15) is 0 Å². The highest BCUT2D eigenvalue weighted by molar-refractivity contribution is 5.41. The zero-order valence-corrected chi connectivity index (χ0v) is 8.92. The molecule has 2 aliphatic rings. The molecule has 0 N–H and O–H groups in total. The maximum Gasteiger partial charge on any atom is 0.271 e. The molecule has 1 aromatic rings. The second kappa shape index (κ2) is 3.45. The molecule has 84 valence electrons. The molecule has 1 aromatic heterocycles. The smallest absolute Gasteiger partial charge is 0.271 e. The van der Waals surface area contributed by atoms with E-state index in [9.17, 15) is 0 Å². The van der Waals surface area contributed by atoms with Crippen molar-refractivity contribution in [2.24, 2.45) is 0 Å². The first-order valence-electron chi connectivity index (χ1n) is 5.34. The summed E-state index contributed by atoms with van der Waals surface area (Å²) < 4.78 is 16.6. The summed E-state index contributed by atoms with van der Waals surface area (Å²) in [4.78, 5) is 0. The van der Waals surface area contributed by atoms with E-state index in [0.717, 1.165) is 12.2 Å². The summed E-state index contributed by atoms with van der Waals surface area (Å²) in [5.41, 5.74) is -0.652. The molecule has 0 saturated carbocycles. The number of allylic oxidation sites excluding steroid dienone is 2. The number of hydrogen-bond acceptors (Lipinski definition) is 5. The van der Waals surface area contributed by atoms with E-state index < -0.39 is 5.60 Å². The summed E-state index contributed by atoms with van der Waals surface area (Å²) in [7, 11) is 0. The van der Waals surface area contributed by atoms with Crippen LogP contribution in [0.1, 0.15) is 19.2 Å². The van der Waals surface area contributed by atoms with Crippen LogP contribution in [0.3, 0.4) is 0 Å². The number of aromatic nitrogens is 2. The Balaban J connectivity index is 1.89. The standard InChI is InChI=1S/C11H12N2O3/c1-2-6-14-8-4-3-5-9-11(8,16-9)10-13-12-7-15-10/h3-5,7-8H,2,6H2,1H3. The molecule has 0 radical (unpaired) electrons. The lowest BCUT2D eigenvalue weighted by Crippen LogP contribution is -2.30. The quantitative estimate of drug-likeness (QED) is 0.720. The highest BCUT2D eigenvalue weighted by Gasteiger charge is 2.65. The maximum absolute atomic E-state index is 5.73. The van der Waals surface area contributed by atoms with E-state index in [2.05, 4.69) is 17.1 Å². The van der Waals surface area contributed by atoms with Gasteiger partial charge in [0, 0.05) is 6.61 Å². The first-order valence-corrected chi connectivity index (χ1v) is 5.34. The summed E-state index contributed by atoms with van der Waals surface area (Å²) in [6.07, 6.45) is 7.87. The van der Waals surface area contributed by atoms with Gasteiger partial charge >= 0.3 is 0 Å². The fourth-order valence-electron chi connectivity index (χ4n) is 1.91. The molecule has 2 heterocycles. The molecule has 3 rings (SSSR count). The lowest BCUT2D eigenvalue weighted by Gasteiger charge is -2.18. The molecule has 0 amide bonds. The predicted molar refractivity (Wildman–Crippen MR) is 54.3 cm³/mol. The van der Waals surface area contributed by atoms with E-state index in [1.807, 2.05) is 18.2 Å². The Labute approximate surface area is 92.8 Å². The fraction of sp³-hybridized carbons (Fsp3) is 0.455. The Bertz CT molecular complexity index is 438. The molecular weight excluding hydrogens is 208 g/mol. The van der Waals surface area contributed by atoms with Gasteiger partial charge in [0.1, 0.15) is 6.10 Å². The van der Waals surface area contributed by atoms with Crippen LogP contribution in [-0.4, -0.2) is 22.9 Å². The zero-order chi connectivity index (χ0) is 11.0. The van der Waals surface area contributed by atoms with Crippen LogP contribution in [0.15, 0.2) is 34.8 Å². The molecule has 0 spiro atoms. The summed E-state index contributed by atoms with van der Waals surface area (Å²) in [5, 5.41) is 7.60. The predicted octanol–water partition coefficient (Wildman–Crippen LogP) is 1.54. The van der Waals surface area contributed by atoms with Crippen LogP contribution in [0.4, 0.5) is 0 Å². The zero-order valence-electron chi connectivity index (χ0n) is 8.92. The van der Waals surface area contributed by atoms with Crippen LogP contribution in [0, 0.1) is 0 Å². The van der Waals surface area contributed by atoms with Crippen LogP contribution in [0.25, 0.3) is 0 Å². The monoisotopic (exact) mass is 220 g/mol. The molecule has 0 aromatic carbocycles. The third-order valence-corrected chi connectivity index (χ3v) is 2.71. The van der Waals surface area contributed by atoms with Gasteiger partial charge in [-0.25, -0.2) is 0 Å². The fourth-order valence-corrected chi connectivity index (χ4v) is 1.91. The van der Waals surface area contributed by atoms with Crippen molar-refractivity contribution < 1.29 is 13.9 Å². The molecule has 1 aliphatic heterocycles. The summed E-state index contributed by atoms with van der Waals surface area (Å²) in [6.45, 7) is 2.75. The van der Waals surface area contributed by atoms with Gasteiger partial charge in [-0.1, -0.05) is 19.1 Å². The largest absolute Gasteiger partial charge is 0.466 e. The average Bonchev–Trinajstić information content (AvgIpc) is 2.82. The van der Waals surface area contributed by atoms with Gasteiger partial charge in [0.2, 0.25) is 6.39 Å². The number of epoxide rings is 1. The van der Waals surface area contributed by atoms with E-state index in [1.54, 1.807) is 0 Å². The second-order valence-corrected chi connectivity index (χ2v) is 3.79. The minimum Gasteiger partial charge on any atom is -0.466 e. The molecule has 2 unspecified atom stereocenters. The lowest BCUT2D eigenvalue weighted by molar-refractivity contribution is 0.0150. The first kappa shape index (κ1) is 9.59. The normalized spacial score (nSPS) is 30.6. The van der Waals surface area contributed by atoms with Crippen molar-refractivity contribution in [1.29, 1.82) is 0 Å². The SMILES string of the molecule is CCCOC1C=CC=C2OC21c1nnco1. The number of rotatable bonds is 4. The maximum atomic E-state index is 5.73. The van der Waals surface area contributed by atoms with Crippen LogP contribution >= 0.6 is 0 Å². The molecular formula is C11H12N2O3. The van der Waals surface area contributed by atoms with Crippen molar-refractivity contribution in [2.45, 2.75) is 25.0 Å². The second-order valence-electron chi connectivity index (χ2n) is 3.79. The number of nitrogens with zero attached hydrogens (tertiary/aromatic N) is 2. The third kappa shape index (κ3) is 1.21. The molecule has 5 heteroatoms. The average molecular weight is 220 g/mol. The van der Waals surface area contributed by atoms with Gasteiger partial charge in [0.25, 0.3) is 11.5 Å².